The summed E-state index contributed by atoms with van der Waals surface area (Å²) >= 11 is 0. The zero-order valence-electron chi connectivity index (χ0n) is 36.4. The molecule has 2 saturated heterocycles. The van der Waals surface area contributed by atoms with E-state index in [0.29, 0.717) is 49.7 Å². The fourth-order valence-electron chi connectivity index (χ4n) is 8.55. The number of pyridine rings is 2. The van der Waals surface area contributed by atoms with Crippen LogP contribution in [0.3, 0.4) is 0 Å². The monoisotopic (exact) mass is 858 g/mol. The highest BCUT2D eigenvalue weighted by atomic mass is 32.2. The van der Waals surface area contributed by atoms with Crippen molar-refractivity contribution in [1.29, 1.82) is 0 Å². The van der Waals surface area contributed by atoms with Crippen LogP contribution in [0.15, 0.2) is 127 Å². The topological polar surface area (TPSA) is 125 Å². The first-order chi connectivity index (χ1) is 30.3. The normalized spacial score (nSPS) is 15.4. The van der Waals surface area contributed by atoms with Crippen molar-refractivity contribution in [3.05, 3.63) is 139 Å². The van der Waals surface area contributed by atoms with Crippen molar-refractivity contribution < 1.29 is 18.0 Å². The summed E-state index contributed by atoms with van der Waals surface area (Å²) in [6.07, 6.45) is 20.7. The highest BCUT2D eigenvalue weighted by Gasteiger charge is 2.29. The molecule has 2 aliphatic heterocycles. The highest BCUT2D eigenvalue weighted by Crippen LogP contribution is 2.28. The number of rotatable bonds is 20. The number of hydrogen-bond acceptors (Lipinski definition) is 7. The molecule has 0 bridgehead atoms. The smallest absolute Gasteiger partial charge is 0.243 e. The van der Waals surface area contributed by atoms with E-state index in [0.717, 1.165) is 85.9 Å². The first-order valence-electron chi connectivity index (χ1n) is 22.9. The summed E-state index contributed by atoms with van der Waals surface area (Å²) in [4.78, 5) is 35.0. The summed E-state index contributed by atoms with van der Waals surface area (Å²) in [5.74, 6) is 1.63. The Bertz CT molecular complexity index is 2180. The van der Waals surface area contributed by atoms with Crippen LogP contribution in [0.2, 0.25) is 0 Å². The molecule has 2 N–H and O–H groups in total. The number of unbranched alkanes of at least 4 members (excludes halogenated alkanes) is 2. The van der Waals surface area contributed by atoms with Crippen LogP contribution >= 0.6 is 0 Å². The lowest BCUT2D eigenvalue weighted by Gasteiger charge is -2.32. The molecule has 4 heterocycles. The Labute approximate surface area is 370 Å². The van der Waals surface area contributed by atoms with Crippen LogP contribution in [0.25, 0.3) is 10.8 Å². The van der Waals surface area contributed by atoms with Crippen molar-refractivity contribution in [2.24, 2.45) is 11.8 Å². The maximum Gasteiger partial charge on any atom is 0.243 e. The summed E-state index contributed by atoms with van der Waals surface area (Å²) in [6, 6.07) is 31.8. The van der Waals surface area contributed by atoms with Crippen LogP contribution in [-0.2, 0) is 39.0 Å². The molecule has 2 amide bonds. The van der Waals surface area contributed by atoms with Gasteiger partial charge in [0, 0.05) is 70.4 Å². The van der Waals surface area contributed by atoms with Crippen LogP contribution in [-0.4, -0.2) is 78.7 Å². The largest absolute Gasteiger partial charge is 0.356 e. The number of nitrogens with zero attached hydrogens (tertiary/aromatic N) is 4. The predicted molar refractivity (Wildman–Crippen MR) is 249 cm³/mol. The van der Waals surface area contributed by atoms with E-state index < -0.39 is 10.0 Å². The van der Waals surface area contributed by atoms with Gasteiger partial charge in [0.1, 0.15) is 0 Å². The van der Waals surface area contributed by atoms with Gasteiger partial charge in [-0.1, -0.05) is 98.5 Å². The Morgan fingerprint density at radius 3 is 1.65 bits per heavy atom. The molecule has 62 heavy (non-hydrogen) atoms. The summed E-state index contributed by atoms with van der Waals surface area (Å²) in [6.45, 7) is 6.16. The van der Waals surface area contributed by atoms with Gasteiger partial charge in [-0.3, -0.25) is 24.5 Å². The number of aromatic nitrogens is 2. The second kappa shape index (κ2) is 25.2. The maximum atomic E-state index is 13.1. The lowest BCUT2D eigenvalue weighted by molar-refractivity contribution is -0.121. The molecule has 3 aromatic carbocycles. The van der Waals surface area contributed by atoms with Gasteiger partial charge in [-0.2, -0.15) is 4.31 Å². The highest BCUT2D eigenvalue weighted by molar-refractivity contribution is 7.89. The van der Waals surface area contributed by atoms with Gasteiger partial charge in [0.15, 0.2) is 0 Å². The van der Waals surface area contributed by atoms with E-state index in [1.54, 1.807) is 35.0 Å². The number of sulfonamides is 1. The van der Waals surface area contributed by atoms with Gasteiger partial charge in [0.25, 0.3) is 0 Å². The van der Waals surface area contributed by atoms with Gasteiger partial charge in [-0.15, -0.1) is 0 Å². The minimum Gasteiger partial charge on any atom is -0.356 e. The van der Waals surface area contributed by atoms with E-state index in [9.17, 15) is 18.0 Å². The fourth-order valence-corrected chi connectivity index (χ4v) is 10.1. The molecule has 0 radical (unpaired) electrons. The van der Waals surface area contributed by atoms with Crippen molar-refractivity contribution in [2.45, 2.75) is 101 Å². The van der Waals surface area contributed by atoms with E-state index in [1.807, 2.05) is 60.8 Å². The number of likely N-dealkylation sites (tertiary alicyclic amines) is 1. The molecule has 0 unspecified atom stereocenters. The molecule has 5 aromatic rings. The Hall–Kier alpha value is -4.97. The second-order valence-corrected chi connectivity index (χ2v) is 18.9. The molecular weight excluding hydrogens is 793 g/mol. The SMILES string of the molecule is O=C(CCc1cccnc1)NCCCCC1CCN(Cc2ccccc2)CC1.O=C(CCc1cccnc1)NCCCCC1CCN(S(=O)(=O)c2ccc3ccccc3c2)CC1. The maximum absolute atomic E-state index is 13.1. The quantitative estimate of drug-likeness (QED) is 0.0751. The third-order valence-corrected chi connectivity index (χ3v) is 14.2. The number of hydrogen-bond donors (Lipinski definition) is 2. The Kier molecular flexibility index (Phi) is 18.9. The molecule has 7 rings (SSSR count). The van der Waals surface area contributed by atoms with E-state index >= 15 is 0 Å². The molecule has 2 fully saturated rings. The molecule has 0 spiro atoms. The molecule has 0 aliphatic carbocycles. The van der Waals surface area contributed by atoms with Gasteiger partial charge in [0.05, 0.1) is 4.90 Å². The number of carbonyl (C=O) groups is 2. The standard InChI is InChI=1S/C27H33N3O3S.C24H33N3O/c31-27(13-10-23-7-5-16-28-21-23)29-17-4-3-6-22-14-18-30(19-15-22)34(32,33)26-12-11-24-8-1-2-9-25(24)20-26;28-24(12-11-22-10-6-15-25-19-22)26-16-5-4-7-21-13-17-27(18-14-21)20-23-8-2-1-3-9-23/h1-2,5,7-9,11-12,16,20-22H,3-4,6,10,13-15,17-19H2,(H,29,31);1-3,6,8-10,15,19,21H,4-5,7,11-14,16-18,20H2,(H,26,28). The predicted octanol–water partition coefficient (Wildman–Crippen LogP) is 8.77. The number of amides is 2. The zero-order chi connectivity index (χ0) is 43.2. The van der Waals surface area contributed by atoms with Crippen LogP contribution in [0, 0.1) is 11.8 Å². The lowest BCUT2D eigenvalue weighted by atomic mass is 9.91. The van der Waals surface area contributed by atoms with Crippen molar-refractivity contribution in [3.63, 3.8) is 0 Å². The first kappa shape index (κ1) is 46.5. The Balaban J connectivity index is 0.000000211. The third-order valence-electron chi connectivity index (χ3n) is 12.3. The van der Waals surface area contributed by atoms with Crippen molar-refractivity contribution in [3.8, 4) is 0 Å². The van der Waals surface area contributed by atoms with Gasteiger partial charge in [0.2, 0.25) is 21.8 Å². The van der Waals surface area contributed by atoms with Crippen molar-refractivity contribution >= 4 is 32.6 Å². The minimum atomic E-state index is -3.46. The molecule has 11 heteroatoms. The number of aryl methyl sites for hydroxylation is 2. The average molecular weight is 859 g/mol. The Morgan fingerprint density at radius 2 is 1.10 bits per heavy atom. The summed E-state index contributed by atoms with van der Waals surface area (Å²) in [5, 5.41) is 8.05. The third kappa shape index (κ3) is 15.7. The van der Waals surface area contributed by atoms with Crippen LogP contribution in [0.4, 0.5) is 0 Å². The molecule has 10 nitrogen and oxygen atoms in total. The van der Waals surface area contributed by atoms with Crippen molar-refractivity contribution in [1.82, 2.24) is 29.8 Å². The molecule has 330 valence electrons. The Morgan fingerprint density at radius 1 is 0.581 bits per heavy atom. The van der Waals surface area contributed by atoms with Crippen LogP contribution in [0.1, 0.15) is 93.7 Å². The van der Waals surface area contributed by atoms with E-state index in [4.69, 9.17) is 0 Å². The zero-order valence-corrected chi connectivity index (χ0v) is 37.2. The second-order valence-electron chi connectivity index (χ2n) is 17.0. The van der Waals surface area contributed by atoms with Crippen molar-refractivity contribution in [2.75, 3.05) is 39.3 Å². The summed E-state index contributed by atoms with van der Waals surface area (Å²) in [5.41, 5.74) is 3.61. The summed E-state index contributed by atoms with van der Waals surface area (Å²) in [7, 11) is -3.46. The van der Waals surface area contributed by atoms with Gasteiger partial charge >= 0.3 is 0 Å². The summed E-state index contributed by atoms with van der Waals surface area (Å²) < 4.78 is 27.9. The van der Waals surface area contributed by atoms with E-state index in [2.05, 4.69) is 55.8 Å². The lowest BCUT2D eigenvalue weighted by Crippen LogP contribution is -2.38. The fraction of sp³-hybridized carbons (Fsp3) is 0.451. The van der Waals surface area contributed by atoms with Gasteiger partial charge < -0.3 is 10.6 Å². The average Bonchev–Trinajstić information content (AvgIpc) is 3.31. The van der Waals surface area contributed by atoms with E-state index in [1.165, 1.54) is 44.3 Å². The molecule has 0 saturated carbocycles. The molecule has 2 aliphatic rings. The number of fused-ring (bicyclic) bond motifs is 1. The van der Waals surface area contributed by atoms with Gasteiger partial charge in [-0.05, 0) is 128 Å². The van der Waals surface area contributed by atoms with Crippen LogP contribution in [0.5, 0.6) is 0 Å². The molecule has 2 aromatic heterocycles. The minimum absolute atomic E-state index is 0.0797. The first-order valence-corrected chi connectivity index (χ1v) is 24.3. The number of piperidine rings is 2. The molecular formula is C51H66N6O4S. The van der Waals surface area contributed by atoms with Gasteiger partial charge in [-0.25, -0.2) is 8.42 Å². The molecule has 0 atom stereocenters. The number of nitrogens with one attached hydrogen (secondary N) is 2. The number of benzene rings is 3. The van der Waals surface area contributed by atoms with Crippen LogP contribution < -0.4 is 10.6 Å². The number of carbonyl (C=O) groups excluding carboxylic acids is 2. The van der Waals surface area contributed by atoms with E-state index in [-0.39, 0.29) is 11.8 Å².